The Morgan fingerprint density at radius 3 is 3.05 bits per heavy atom. The predicted octanol–water partition coefficient (Wildman–Crippen LogP) is 1.78. The van der Waals surface area contributed by atoms with Crippen LogP contribution in [0.1, 0.15) is 30.5 Å². The quantitative estimate of drug-likeness (QED) is 0.773. The number of nitrogens with zero attached hydrogens (tertiary/aromatic N) is 3. The van der Waals surface area contributed by atoms with Crippen molar-refractivity contribution < 1.29 is 0 Å². The number of nitrogens with one attached hydrogen (secondary N) is 1. The van der Waals surface area contributed by atoms with Crippen LogP contribution in [-0.4, -0.2) is 54.6 Å². The van der Waals surface area contributed by atoms with E-state index in [4.69, 9.17) is 4.98 Å². The first-order chi connectivity index (χ1) is 9.19. The minimum absolute atomic E-state index is 0.712. The molecule has 108 valence electrons. The second-order valence-electron chi connectivity index (χ2n) is 5.55. The van der Waals surface area contributed by atoms with E-state index >= 15 is 0 Å². The van der Waals surface area contributed by atoms with Gasteiger partial charge in [-0.3, -0.25) is 4.90 Å². The zero-order valence-corrected chi connectivity index (χ0v) is 13.2. The normalized spacial score (nSPS) is 20.5. The maximum Gasteiger partial charge on any atom is 0.107 e. The van der Waals surface area contributed by atoms with Crippen LogP contribution in [0.15, 0.2) is 5.38 Å². The van der Waals surface area contributed by atoms with Crippen molar-refractivity contribution in [1.29, 1.82) is 0 Å². The van der Waals surface area contributed by atoms with Gasteiger partial charge in [0, 0.05) is 37.6 Å². The molecule has 5 heteroatoms. The number of hydrogen-bond acceptors (Lipinski definition) is 5. The SMILES string of the molecule is CCCNCc1nc(CN2CCC(N(C)C)C2)cs1. The molecule has 1 aromatic heterocycles. The molecule has 1 aliphatic rings. The molecule has 1 unspecified atom stereocenters. The summed E-state index contributed by atoms with van der Waals surface area (Å²) in [5.74, 6) is 0. The minimum atomic E-state index is 0.712. The zero-order chi connectivity index (χ0) is 13.7. The molecule has 1 aliphatic heterocycles. The molecule has 4 nitrogen and oxygen atoms in total. The van der Waals surface area contributed by atoms with Gasteiger partial charge >= 0.3 is 0 Å². The number of thiazole rings is 1. The van der Waals surface area contributed by atoms with Crippen LogP contribution in [0.5, 0.6) is 0 Å². The molecule has 0 spiro atoms. The van der Waals surface area contributed by atoms with Crippen molar-refractivity contribution in [2.45, 2.75) is 38.9 Å². The summed E-state index contributed by atoms with van der Waals surface area (Å²) >= 11 is 1.78. The van der Waals surface area contributed by atoms with Gasteiger partial charge in [0.1, 0.15) is 5.01 Å². The lowest BCUT2D eigenvalue weighted by atomic mass is 10.2. The van der Waals surface area contributed by atoms with E-state index in [0.29, 0.717) is 6.04 Å². The van der Waals surface area contributed by atoms with Crippen LogP contribution < -0.4 is 5.32 Å². The largest absolute Gasteiger partial charge is 0.310 e. The number of aromatic nitrogens is 1. The molecule has 2 heterocycles. The second kappa shape index (κ2) is 7.33. The maximum atomic E-state index is 4.72. The highest BCUT2D eigenvalue weighted by Crippen LogP contribution is 2.17. The van der Waals surface area contributed by atoms with Crippen LogP contribution in [0.3, 0.4) is 0 Å². The molecule has 0 amide bonds. The number of likely N-dealkylation sites (N-methyl/N-ethyl adjacent to an activating group) is 1. The van der Waals surface area contributed by atoms with Gasteiger partial charge in [-0.2, -0.15) is 0 Å². The van der Waals surface area contributed by atoms with Crippen molar-refractivity contribution in [2.24, 2.45) is 0 Å². The molecule has 0 aromatic carbocycles. The van der Waals surface area contributed by atoms with Crippen LogP contribution in [0.4, 0.5) is 0 Å². The molecule has 1 N–H and O–H groups in total. The topological polar surface area (TPSA) is 31.4 Å². The van der Waals surface area contributed by atoms with E-state index in [1.807, 2.05) is 0 Å². The lowest BCUT2D eigenvalue weighted by molar-refractivity contribution is 0.263. The van der Waals surface area contributed by atoms with Crippen molar-refractivity contribution in [3.63, 3.8) is 0 Å². The summed E-state index contributed by atoms with van der Waals surface area (Å²) in [6.45, 7) is 7.56. The summed E-state index contributed by atoms with van der Waals surface area (Å²) in [4.78, 5) is 9.57. The zero-order valence-electron chi connectivity index (χ0n) is 12.4. The third-order valence-electron chi connectivity index (χ3n) is 3.67. The summed E-state index contributed by atoms with van der Waals surface area (Å²) in [5, 5.41) is 6.84. The van der Waals surface area contributed by atoms with E-state index in [0.717, 1.165) is 19.6 Å². The fourth-order valence-corrected chi connectivity index (χ4v) is 3.24. The van der Waals surface area contributed by atoms with E-state index in [2.05, 4.69) is 41.5 Å². The Bertz CT molecular complexity index is 377. The fourth-order valence-electron chi connectivity index (χ4n) is 2.48. The van der Waals surface area contributed by atoms with Gasteiger partial charge in [-0.15, -0.1) is 11.3 Å². The third kappa shape index (κ3) is 4.53. The van der Waals surface area contributed by atoms with Crippen molar-refractivity contribution >= 4 is 11.3 Å². The monoisotopic (exact) mass is 282 g/mol. The van der Waals surface area contributed by atoms with Crippen LogP contribution in [-0.2, 0) is 13.1 Å². The highest BCUT2D eigenvalue weighted by Gasteiger charge is 2.24. The van der Waals surface area contributed by atoms with Crippen molar-refractivity contribution in [2.75, 3.05) is 33.7 Å². The van der Waals surface area contributed by atoms with Gasteiger partial charge < -0.3 is 10.2 Å². The van der Waals surface area contributed by atoms with Crippen LogP contribution in [0.25, 0.3) is 0 Å². The Morgan fingerprint density at radius 1 is 1.53 bits per heavy atom. The highest BCUT2D eigenvalue weighted by atomic mass is 32.1. The second-order valence-corrected chi connectivity index (χ2v) is 6.49. The van der Waals surface area contributed by atoms with Gasteiger partial charge in [0.25, 0.3) is 0 Å². The van der Waals surface area contributed by atoms with Crippen LogP contribution in [0.2, 0.25) is 0 Å². The summed E-state index contributed by atoms with van der Waals surface area (Å²) in [6.07, 6.45) is 2.46. The molecule has 0 saturated carbocycles. The molecule has 1 saturated heterocycles. The summed E-state index contributed by atoms with van der Waals surface area (Å²) in [5.41, 5.74) is 1.23. The van der Waals surface area contributed by atoms with Gasteiger partial charge in [0.15, 0.2) is 0 Å². The summed E-state index contributed by atoms with van der Waals surface area (Å²) in [6, 6.07) is 0.712. The van der Waals surface area contributed by atoms with E-state index in [1.54, 1.807) is 11.3 Å². The molecule has 1 atom stereocenters. The third-order valence-corrected chi connectivity index (χ3v) is 4.56. The van der Waals surface area contributed by atoms with Gasteiger partial charge in [-0.05, 0) is 33.5 Å². The maximum absolute atomic E-state index is 4.72. The van der Waals surface area contributed by atoms with E-state index in [1.165, 1.54) is 36.6 Å². The van der Waals surface area contributed by atoms with Gasteiger partial charge in [-0.25, -0.2) is 4.98 Å². The average molecular weight is 282 g/mol. The lowest BCUT2D eigenvalue weighted by Crippen LogP contribution is -2.31. The van der Waals surface area contributed by atoms with Crippen LogP contribution in [0, 0.1) is 0 Å². The molecule has 1 fully saturated rings. The standard InChI is InChI=1S/C14H26N4S/c1-4-6-15-8-14-16-12(11-19-14)9-18-7-5-13(10-18)17(2)3/h11,13,15H,4-10H2,1-3H3. The van der Waals surface area contributed by atoms with E-state index in [9.17, 15) is 0 Å². The number of likely N-dealkylation sites (tertiary alicyclic amines) is 1. The molecule has 0 bridgehead atoms. The van der Waals surface area contributed by atoms with Crippen molar-refractivity contribution in [3.05, 3.63) is 16.1 Å². The molecule has 19 heavy (non-hydrogen) atoms. The predicted molar refractivity (Wildman–Crippen MR) is 81.5 cm³/mol. The molecule has 0 radical (unpaired) electrons. The van der Waals surface area contributed by atoms with Gasteiger partial charge in [-0.1, -0.05) is 6.92 Å². The molecule has 0 aliphatic carbocycles. The summed E-state index contributed by atoms with van der Waals surface area (Å²) < 4.78 is 0. The Hall–Kier alpha value is -0.490. The first kappa shape index (κ1) is 14.9. The number of rotatable bonds is 7. The Labute approximate surface area is 120 Å². The molecular weight excluding hydrogens is 256 g/mol. The molecule has 1 aromatic rings. The minimum Gasteiger partial charge on any atom is -0.310 e. The number of hydrogen-bond donors (Lipinski definition) is 1. The highest BCUT2D eigenvalue weighted by molar-refractivity contribution is 7.09. The van der Waals surface area contributed by atoms with Gasteiger partial charge in [0.05, 0.1) is 5.69 Å². The average Bonchev–Trinajstić information content (AvgIpc) is 3.00. The van der Waals surface area contributed by atoms with Crippen molar-refractivity contribution in [1.82, 2.24) is 20.1 Å². The lowest BCUT2D eigenvalue weighted by Gasteiger charge is -2.19. The smallest absolute Gasteiger partial charge is 0.107 e. The first-order valence-corrected chi connectivity index (χ1v) is 8.09. The Balaban J connectivity index is 1.77. The fraction of sp³-hybridized carbons (Fsp3) is 0.786. The summed E-state index contributed by atoms with van der Waals surface area (Å²) in [7, 11) is 4.35. The molecule has 2 rings (SSSR count). The molecular formula is C14H26N4S. The Morgan fingerprint density at radius 2 is 2.37 bits per heavy atom. The first-order valence-electron chi connectivity index (χ1n) is 7.21. The van der Waals surface area contributed by atoms with Crippen molar-refractivity contribution in [3.8, 4) is 0 Å². The Kier molecular flexibility index (Phi) is 5.76. The van der Waals surface area contributed by atoms with Gasteiger partial charge in [0.2, 0.25) is 0 Å². The van der Waals surface area contributed by atoms with Crippen LogP contribution >= 0.6 is 11.3 Å². The van der Waals surface area contributed by atoms with E-state index < -0.39 is 0 Å². The van der Waals surface area contributed by atoms with E-state index in [-0.39, 0.29) is 0 Å².